The first-order valence-electron chi connectivity index (χ1n) is 6.55. The molecule has 1 unspecified atom stereocenters. The van der Waals surface area contributed by atoms with E-state index in [0.29, 0.717) is 11.5 Å². The summed E-state index contributed by atoms with van der Waals surface area (Å²) in [5.41, 5.74) is 2.05. The van der Waals surface area contributed by atoms with Crippen LogP contribution in [0.25, 0.3) is 0 Å². The average molecular weight is 225 g/mol. The van der Waals surface area contributed by atoms with E-state index in [0.717, 1.165) is 0 Å². The first-order valence-corrected chi connectivity index (χ1v) is 6.55. The topological polar surface area (TPSA) is 12.0 Å². The van der Waals surface area contributed by atoms with E-state index >= 15 is 0 Å². The molecule has 0 saturated heterocycles. The van der Waals surface area contributed by atoms with Crippen molar-refractivity contribution in [1.29, 1.82) is 0 Å². The summed E-state index contributed by atoms with van der Waals surface area (Å²) in [6.07, 6.45) is 4.85. The highest BCUT2D eigenvalue weighted by molar-refractivity contribution is 5.14. The Hall–Kier alpha value is -0.300. The van der Waals surface area contributed by atoms with Crippen molar-refractivity contribution < 1.29 is 0 Å². The number of rotatable bonds is 4. The predicted molar refractivity (Wildman–Crippen MR) is 74.8 cm³/mol. The van der Waals surface area contributed by atoms with Gasteiger partial charge < -0.3 is 5.32 Å². The zero-order valence-electron chi connectivity index (χ0n) is 12.6. The van der Waals surface area contributed by atoms with Crippen LogP contribution in [0.4, 0.5) is 0 Å². The minimum Gasteiger partial charge on any atom is -0.306 e. The summed E-state index contributed by atoms with van der Waals surface area (Å²) >= 11 is 0. The molecule has 0 heterocycles. The number of hydrogen-bond acceptors (Lipinski definition) is 1. The maximum atomic E-state index is 3.60. The monoisotopic (exact) mass is 225 g/mol. The first kappa shape index (κ1) is 15.7. The molecule has 0 fully saturated rings. The fourth-order valence-corrected chi connectivity index (χ4v) is 2.00. The van der Waals surface area contributed by atoms with Crippen LogP contribution in [0, 0.1) is 5.41 Å². The van der Waals surface area contributed by atoms with Gasteiger partial charge in [-0.05, 0) is 39.5 Å². The van der Waals surface area contributed by atoms with E-state index in [1.807, 2.05) is 0 Å². The van der Waals surface area contributed by atoms with E-state index in [1.54, 1.807) is 5.57 Å². The maximum absolute atomic E-state index is 3.60. The van der Waals surface area contributed by atoms with Gasteiger partial charge in [0.2, 0.25) is 0 Å². The van der Waals surface area contributed by atoms with Gasteiger partial charge in [0.1, 0.15) is 0 Å². The Morgan fingerprint density at radius 2 is 1.62 bits per heavy atom. The lowest BCUT2D eigenvalue weighted by molar-refractivity contribution is 0.396. The number of nitrogens with one attached hydrogen (secondary N) is 1. The normalized spacial score (nSPS) is 16.4. The molecule has 0 aliphatic rings. The zero-order chi connectivity index (χ0) is 13.0. The summed E-state index contributed by atoms with van der Waals surface area (Å²) in [4.78, 5) is 0. The van der Waals surface area contributed by atoms with Gasteiger partial charge in [0.15, 0.2) is 0 Å². The molecule has 1 N–H and O–H groups in total. The lowest BCUT2D eigenvalue weighted by atomic mass is 9.82. The molecule has 1 nitrogen and oxygen atoms in total. The zero-order valence-corrected chi connectivity index (χ0v) is 12.6. The van der Waals surface area contributed by atoms with Crippen LogP contribution in [0.3, 0.4) is 0 Å². The molecule has 0 aromatic carbocycles. The quantitative estimate of drug-likeness (QED) is 0.693. The summed E-state index contributed by atoms with van der Waals surface area (Å²) in [6, 6.07) is 0.445. The third-order valence-electron chi connectivity index (χ3n) is 2.59. The molecule has 1 atom stereocenters. The predicted octanol–water partition coefficient (Wildman–Crippen LogP) is 4.54. The third-order valence-corrected chi connectivity index (χ3v) is 2.59. The molecule has 0 bridgehead atoms. The van der Waals surface area contributed by atoms with Crippen molar-refractivity contribution in [3.05, 3.63) is 11.6 Å². The van der Waals surface area contributed by atoms with Gasteiger partial charge in [-0.25, -0.2) is 0 Å². The maximum Gasteiger partial charge on any atom is 0.0229 e. The standard InChI is InChI=1S/C15H31N/c1-9-10-13(14(3,4)5)11-12(2)16-15(6,7)8/h11-12,16H,9-10H2,1-8H3/b13-11+. The van der Waals surface area contributed by atoms with E-state index in [4.69, 9.17) is 0 Å². The molecule has 1 heteroatoms. The Kier molecular flexibility index (Phi) is 5.75. The van der Waals surface area contributed by atoms with Gasteiger partial charge in [0.05, 0.1) is 0 Å². The molecule has 0 saturated carbocycles. The molecule has 0 radical (unpaired) electrons. The van der Waals surface area contributed by atoms with Gasteiger partial charge in [-0.2, -0.15) is 0 Å². The Morgan fingerprint density at radius 3 is 1.94 bits per heavy atom. The highest BCUT2D eigenvalue weighted by Crippen LogP contribution is 2.29. The molecular formula is C15H31N. The van der Waals surface area contributed by atoms with Crippen molar-refractivity contribution in [2.45, 2.75) is 79.8 Å². The van der Waals surface area contributed by atoms with Crippen molar-refractivity contribution in [1.82, 2.24) is 5.32 Å². The van der Waals surface area contributed by atoms with E-state index < -0.39 is 0 Å². The van der Waals surface area contributed by atoms with Gasteiger partial charge in [-0.15, -0.1) is 0 Å². The van der Waals surface area contributed by atoms with Gasteiger partial charge in [0, 0.05) is 11.6 Å². The second kappa shape index (κ2) is 5.86. The van der Waals surface area contributed by atoms with E-state index in [9.17, 15) is 0 Å². The molecule has 0 aromatic rings. The molecule has 0 aliphatic heterocycles. The van der Waals surface area contributed by atoms with E-state index in [-0.39, 0.29) is 5.54 Å². The summed E-state index contributed by atoms with van der Waals surface area (Å²) in [7, 11) is 0. The molecule has 96 valence electrons. The molecule has 0 aliphatic carbocycles. The van der Waals surface area contributed by atoms with Crippen LogP contribution < -0.4 is 5.32 Å². The minimum absolute atomic E-state index is 0.186. The molecule has 0 amide bonds. The van der Waals surface area contributed by atoms with Gasteiger partial charge in [0.25, 0.3) is 0 Å². The second-order valence-electron chi connectivity index (χ2n) is 6.87. The Morgan fingerprint density at radius 1 is 1.12 bits per heavy atom. The third kappa shape index (κ3) is 7.05. The van der Waals surface area contributed by atoms with Crippen LogP contribution in [0.2, 0.25) is 0 Å². The molecule has 0 aromatic heterocycles. The van der Waals surface area contributed by atoms with Crippen molar-refractivity contribution in [3.8, 4) is 0 Å². The number of hydrogen-bond donors (Lipinski definition) is 1. The van der Waals surface area contributed by atoms with Crippen LogP contribution >= 0.6 is 0 Å². The van der Waals surface area contributed by atoms with Gasteiger partial charge in [-0.1, -0.05) is 45.8 Å². The highest BCUT2D eigenvalue weighted by Gasteiger charge is 2.18. The summed E-state index contributed by atoms with van der Waals surface area (Å²) in [5, 5.41) is 3.60. The Balaban J connectivity index is 4.66. The van der Waals surface area contributed by atoms with Crippen molar-refractivity contribution in [2.24, 2.45) is 5.41 Å². The number of allylic oxidation sites excluding steroid dienone is 1. The van der Waals surface area contributed by atoms with Crippen LogP contribution in [-0.2, 0) is 0 Å². The van der Waals surface area contributed by atoms with Crippen LogP contribution in [0.15, 0.2) is 11.6 Å². The largest absolute Gasteiger partial charge is 0.306 e. The minimum atomic E-state index is 0.186. The van der Waals surface area contributed by atoms with E-state index in [2.05, 4.69) is 66.8 Å². The second-order valence-corrected chi connectivity index (χ2v) is 6.87. The summed E-state index contributed by atoms with van der Waals surface area (Å²) < 4.78 is 0. The first-order chi connectivity index (χ1) is 7.06. The average Bonchev–Trinajstić information content (AvgIpc) is 1.97. The molecular weight excluding hydrogens is 194 g/mol. The fourth-order valence-electron chi connectivity index (χ4n) is 2.00. The lowest BCUT2D eigenvalue weighted by Gasteiger charge is -2.28. The van der Waals surface area contributed by atoms with Crippen molar-refractivity contribution in [3.63, 3.8) is 0 Å². The Labute approximate surface area is 103 Å². The van der Waals surface area contributed by atoms with Gasteiger partial charge >= 0.3 is 0 Å². The van der Waals surface area contributed by atoms with Crippen LogP contribution in [0.1, 0.15) is 68.2 Å². The SMILES string of the molecule is CCC/C(=C\C(C)NC(C)(C)C)C(C)(C)C. The molecule has 16 heavy (non-hydrogen) atoms. The Bertz CT molecular complexity index is 225. The molecule has 0 spiro atoms. The summed E-state index contributed by atoms with van der Waals surface area (Å²) in [5.74, 6) is 0. The van der Waals surface area contributed by atoms with Crippen molar-refractivity contribution >= 4 is 0 Å². The van der Waals surface area contributed by atoms with Gasteiger partial charge in [-0.3, -0.25) is 0 Å². The van der Waals surface area contributed by atoms with Crippen LogP contribution in [-0.4, -0.2) is 11.6 Å². The lowest BCUT2D eigenvalue weighted by Crippen LogP contribution is -2.41. The fraction of sp³-hybridized carbons (Fsp3) is 0.867. The van der Waals surface area contributed by atoms with E-state index in [1.165, 1.54) is 12.8 Å². The smallest absolute Gasteiger partial charge is 0.0229 e. The molecule has 0 rings (SSSR count). The van der Waals surface area contributed by atoms with Crippen molar-refractivity contribution in [2.75, 3.05) is 0 Å². The summed E-state index contributed by atoms with van der Waals surface area (Å²) in [6.45, 7) is 18.1. The highest BCUT2D eigenvalue weighted by atomic mass is 15.0. The van der Waals surface area contributed by atoms with Crippen LogP contribution in [0.5, 0.6) is 0 Å².